The molecule has 0 radical (unpaired) electrons. The van der Waals surface area contributed by atoms with E-state index in [4.69, 9.17) is 5.73 Å². The minimum absolute atomic E-state index is 0.120. The highest BCUT2D eigenvalue weighted by Crippen LogP contribution is 2.22. The van der Waals surface area contributed by atoms with Crippen LogP contribution in [-0.4, -0.2) is 9.55 Å². The van der Waals surface area contributed by atoms with Crippen LogP contribution in [0.3, 0.4) is 0 Å². The normalized spacial score (nSPS) is 11.2. The maximum Gasteiger partial charge on any atom is 0.201 e. The third-order valence-corrected chi connectivity index (χ3v) is 3.08. The van der Waals surface area contributed by atoms with Gasteiger partial charge in [0.2, 0.25) is 5.95 Å². The Balaban J connectivity index is 2.08. The topological polar surface area (TPSA) is 43.8 Å². The number of para-hydroxylation sites is 1. The number of nitrogens with two attached hydrogens (primary N) is 1. The van der Waals surface area contributed by atoms with Crippen LogP contribution in [0.4, 0.5) is 19.1 Å². The molecule has 0 saturated carbocycles. The van der Waals surface area contributed by atoms with Gasteiger partial charge in [0, 0.05) is 0 Å². The van der Waals surface area contributed by atoms with Crippen molar-refractivity contribution in [3.8, 4) is 0 Å². The maximum atomic E-state index is 13.6. The second-order valence-corrected chi connectivity index (χ2v) is 4.41. The van der Waals surface area contributed by atoms with Crippen molar-refractivity contribution in [2.45, 2.75) is 6.54 Å². The van der Waals surface area contributed by atoms with E-state index in [1.54, 1.807) is 16.7 Å². The van der Waals surface area contributed by atoms with Crippen molar-refractivity contribution in [1.29, 1.82) is 0 Å². The Kier molecular flexibility index (Phi) is 2.85. The fourth-order valence-electron chi connectivity index (χ4n) is 2.12. The van der Waals surface area contributed by atoms with Crippen molar-refractivity contribution in [1.82, 2.24) is 9.55 Å². The lowest BCUT2D eigenvalue weighted by Gasteiger charge is -2.07. The van der Waals surface area contributed by atoms with E-state index in [1.807, 2.05) is 0 Å². The molecule has 0 atom stereocenters. The molecule has 2 aromatic carbocycles. The van der Waals surface area contributed by atoms with Gasteiger partial charge in [0.1, 0.15) is 5.52 Å². The first-order valence-electron chi connectivity index (χ1n) is 5.90. The van der Waals surface area contributed by atoms with Gasteiger partial charge in [0.15, 0.2) is 17.5 Å². The van der Waals surface area contributed by atoms with E-state index in [9.17, 15) is 13.2 Å². The molecule has 0 bridgehead atoms. The standard InChI is InChI=1S/C14H10F3N3/c15-9-5-4-8(6-11(9)17)7-20-12-3-1-2-10(16)13(12)19-14(20)18/h1-6H,7H2,(H2,18,19). The zero-order valence-corrected chi connectivity index (χ0v) is 10.3. The molecule has 0 fully saturated rings. The molecule has 3 rings (SSSR count). The molecular weight excluding hydrogens is 267 g/mol. The molecule has 102 valence electrons. The lowest BCUT2D eigenvalue weighted by Crippen LogP contribution is -2.05. The number of imidazole rings is 1. The average Bonchev–Trinajstić information content (AvgIpc) is 2.73. The summed E-state index contributed by atoms with van der Waals surface area (Å²) in [6, 6.07) is 8.07. The van der Waals surface area contributed by atoms with Crippen LogP contribution in [0.15, 0.2) is 36.4 Å². The summed E-state index contributed by atoms with van der Waals surface area (Å²) in [5, 5.41) is 0. The fourth-order valence-corrected chi connectivity index (χ4v) is 2.12. The van der Waals surface area contributed by atoms with Crippen molar-refractivity contribution in [2.75, 3.05) is 5.73 Å². The Morgan fingerprint density at radius 1 is 1.00 bits per heavy atom. The highest BCUT2D eigenvalue weighted by molar-refractivity contribution is 5.79. The number of nitrogen functional groups attached to an aromatic ring is 1. The van der Waals surface area contributed by atoms with Gasteiger partial charge in [0.05, 0.1) is 12.1 Å². The lowest BCUT2D eigenvalue weighted by atomic mass is 10.2. The number of halogens is 3. The van der Waals surface area contributed by atoms with Crippen molar-refractivity contribution in [2.24, 2.45) is 0 Å². The number of fused-ring (bicyclic) bond motifs is 1. The zero-order chi connectivity index (χ0) is 14.3. The second kappa shape index (κ2) is 4.56. The van der Waals surface area contributed by atoms with E-state index in [0.29, 0.717) is 11.1 Å². The van der Waals surface area contributed by atoms with Gasteiger partial charge in [-0.15, -0.1) is 0 Å². The smallest absolute Gasteiger partial charge is 0.201 e. The monoisotopic (exact) mass is 277 g/mol. The first kappa shape index (κ1) is 12.5. The number of nitrogens with zero attached hydrogens (tertiary/aromatic N) is 2. The molecule has 3 nitrogen and oxygen atoms in total. The Bertz CT molecular complexity index is 796. The Morgan fingerprint density at radius 3 is 2.55 bits per heavy atom. The summed E-state index contributed by atoms with van der Waals surface area (Å²) >= 11 is 0. The summed E-state index contributed by atoms with van der Waals surface area (Å²) in [5.74, 6) is -2.20. The minimum atomic E-state index is -0.934. The van der Waals surface area contributed by atoms with Gasteiger partial charge >= 0.3 is 0 Å². The third-order valence-electron chi connectivity index (χ3n) is 3.08. The summed E-state index contributed by atoms with van der Waals surface area (Å²) < 4.78 is 41.2. The number of hydrogen-bond donors (Lipinski definition) is 1. The molecule has 0 amide bonds. The Hall–Kier alpha value is -2.50. The van der Waals surface area contributed by atoms with Gasteiger partial charge < -0.3 is 10.3 Å². The quantitative estimate of drug-likeness (QED) is 0.782. The van der Waals surface area contributed by atoms with Gasteiger partial charge in [-0.3, -0.25) is 0 Å². The predicted molar refractivity (Wildman–Crippen MR) is 69.6 cm³/mol. The molecule has 0 unspecified atom stereocenters. The summed E-state index contributed by atoms with van der Waals surface area (Å²) in [6.45, 7) is 0.184. The highest BCUT2D eigenvalue weighted by atomic mass is 19.2. The van der Waals surface area contributed by atoms with Crippen molar-refractivity contribution >= 4 is 17.0 Å². The van der Waals surface area contributed by atoms with Crippen LogP contribution in [0.2, 0.25) is 0 Å². The fraction of sp³-hybridized carbons (Fsp3) is 0.0714. The van der Waals surface area contributed by atoms with E-state index >= 15 is 0 Å². The first-order valence-corrected chi connectivity index (χ1v) is 5.90. The molecule has 6 heteroatoms. The largest absolute Gasteiger partial charge is 0.369 e. The van der Waals surface area contributed by atoms with Gasteiger partial charge in [-0.1, -0.05) is 12.1 Å². The maximum absolute atomic E-state index is 13.6. The molecule has 0 saturated heterocycles. The second-order valence-electron chi connectivity index (χ2n) is 4.41. The molecule has 0 aliphatic rings. The molecule has 0 spiro atoms. The SMILES string of the molecule is Nc1nc2c(F)cccc2n1Cc1ccc(F)c(F)c1. The van der Waals surface area contributed by atoms with Crippen LogP contribution in [-0.2, 0) is 6.54 Å². The highest BCUT2D eigenvalue weighted by Gasteiger charge is 2.12. The summed E-state index contributed by atoms with van der Waals surface area (Å²) in [7, 11) is 0. The van der Waals surface area contributed by atoms with E-state index in [2.05, 4.69) is 4.98 Å². The minimum Gasteiger partial charge on any atom is -0.369 e. The first-order chi connectivity index (χ1) is 9.56. The van der Waals surface area contributed by atoms with Crippen molar-refractivity contribution in [3.05, 3.63) is 59.4 Å². The van der Waals surface area contributed by atoms with Crippen LogP contribution in [0.5, 0.6) is 0 Å². The number of rotatable bonds is 2. The van der Waals surface area contributed by atoms with Crippen molar-refractivity contribution in [3.63, 3.8) is 0 Å². The molecular formula is C14H10F3N3. The van der Waals surface area contributed by atoms with Crippen LogP contribution in [0.1, 0.15) is 5.56 Å². The molecule has 0 aliphatic heterocycles. The van der Waals surface area contributed by atoms with Crippen LogP contribution >= 0.6 is 0 Å². The molecule has 3 aromatic rings. The molecule has 1 heterocycles. The number of anilines is 1. The zero-order valence-electron chi connectivity index (χ0n) is 10.3. The number of hydrogen-bond acceptors (Lipinski definition) is 2. The van der Waals surface area contributed by atoms with E-state index < -0.39 is 17.5 Å². The Labute approximate surface area is 112 Å². The van der Waals surface area contributed by atoms with Crippen LogP contribution < -0.4 is 5.73 Å². The summed E-state index contributed by atoms with van der Waals surface area (Å²) in [5.41, 5.74) is 6.93. The molecule has 2 N–H and O–H groups in total. The predicted octanol–water partition coefficient (Wildman–Crippen LogP) is 3.08. The number of aromatic nitrogens is 2. The summed E-state index contributed by atoms with van der Waals surface area (Å²) in [4.78, 5) is 3.95. The van der Waals surface area contributed by atoms with Crippen molar-refractivity contribution < 1.29 is 13.2 Å². The summed E-state index contributed by atoms with van der Waals surface area (Å²) in [6.07, 6.45) is 0. The third kappa shape index (κ3) is 1.99. The molecule has 1 aromatic heterocycles. The van der Waals surface area contributed by atoms with Gasteiger partial charge in [-0.2, -0.15) is 0 Å². The average molecular weight is 277 g/mol. The van der Waals surface area contributed by atoms with Gasteiger partial charge in [0.25, 0.3) is 0 Å². The molecule has 20 heavy (non-hydrogen) atoms. The van der Waals surface area contributed by atoms with E-state index in [0.717, 1.165) is 12.1 Å². The van der Waals surface area contributed by atoms with E-state index in [-0.39, 0.29) is 18.0 Å². The molecule has 0 aliphatic carbocycles. The van der Waals surface area contributed by atoms with Crippen LogP contribution in [0, 0.1) is 17.5 Å². The van der Waals surface area contributed by atoms with Gasteiger partial charge in [-0.05, 0) is 29.8 Å². The van der Waals surface area contributed by atoms with Crippen LogP contribution in [0.25, 0.3) is 11.0 Å². The van der Waals surface area contributed by atoms with E-state index in [1.165, 1.54) is 12.1 Å². The Morgan fingerprint density at radius 2 is 1.80 bits per heavy atom. The lowest BCUT2D eigenvalue weighted by molar-refractivity contribution is 0.506. The van der Waals surface area contributed by atoms with Gasteiger partial charge in [-0.25, -0.2) is 18.2 Å². The number of benzene rings is 2.